The van der Waals surface area contributed by atoms with Crippen LogP contribution in [-0.4, -0.2) is 25.6 Å². The van der Waals surface area contributed by atoms with Crippen LogP contribution in [0.2, 0.25) is 10.0 Å². The molecule has 0 spiro atoms. The summed E-state index contributed by atoms with van der Waals surface area (Å²) in [5, 5.41) is 11.1. The standard InChI is InChI=1S/C22H15Cl2N3O2/c23-17-8-9-18(24)16(11-17)13-27-20(22(28)29)19(14-5-2-1-3-6-14)26-21(27)15-7-4-10-25-12-15/h1-12H,13H2,(H,28,29). The van der Waals surface area contributed by atoms with Crippen LogP contribution in [0.25, 0.3) is 22.6 Å². The van der Waals surface area contributed by atoms with Crippen LogP contribution in [0, 0.1) is 0 Å². The Morgan fingerprint density at radius 2 is 1.76 bits per heavy atom. The zero-order chi connectivity index (χ0) is 20.4. The van der Waals surface area contributed by atoms with E-state index >= 15 is 0 Å². The van der Waals surface area contributed by atoms with Gasteiger partial charge in [0.1, 0.15) is 11.5 Å². The minimum absolute atomic E-state index is 0.0751. The number of nitrogens with zero attached hydrogens (tertiary/aromatic N) is 3. The molecule has 2 heterocycles. The molecule has 7 heteroatoms. The SMILES string of the molecule is O=C(O)c1c(-c2ccccc2)nc(-c2cccnc2)n1Cc1cc(Cl)ccc1Cl. The summed E-state index contributed by atoms with van der Waals surface area (Å²) < 4.78 is 1.64. The van der Waals surface area contributed by atoms with Crippen molar-refractivity contribution in [3.63, 3.8) is 0 Å². The molecule has 0 fully saturated rings. The minimum atomic E-state index is -1.08. The summed E-state index contributed by atoms with van der Waals surface area (Å²) in [6.45, 7) is 0.199. The first-order chi connectivity index (χ1) is 14.0. The first-order valence-corrected chi connectivity index (χ1v) is 9.53. The number of pyridine rings is 1. The van der Waals surface area contributed by atoms with Gasteiger partial charge in [-0.2, -0.15) is 0 Å². The molecule has 0 atom stereocenters. The fourth-order valence-corrected chi connectivity index (χ4v) is 3.54. The minimum Gasteiger partial charge on any atom is -0.477 e. The van der Waals surface area contributed by atoms with Crippen molar-refractivity contribution in [2.75, 3.05) is 0 Å². The van der Waals surface area contributed by atoms with Gasteiger partial charge in [0.25, 0.3) is 0 Å². The normalized spacial score (nSPS) is 10.8. The summed E-state index contributed by atoms with van der Waals surface area (Å²) in [6.07, 6.45) is 3.31. The molecule has 0 unspecified atom stereocenters. The topological polar surface area (TPSA) is 68.0 Å². The molecule has 4 aromatic rings. The van der Waals surface area contributed by atoms with E-state index in [2.05, 4.69) is 9.97 Å². The van der Waals surface area contributed by atoms with E-state index in [0.717, 1.165) is 0 Å². The Bertz CT molecular complexity index is 1180. The number of benzene rings is 2. The summed E-state index contributed by atoms with van der Waals surface area (Å²) in [5.74, 6) is -0.588. The number of carboxylic acids is 1. The predicted octanol–water partition coefficient (Wildman–Crippen LogP) is 5.67. The van der Waals surface area contributed by atoms with Gasteiger partial charge >= 0.3 is 5.97 Å². The predicted molar refractivity (Wildman–Crippen MR) is 113 cm³/mol. The fraction of sp³-hybridized carbons (Fsp3) is 0.0455. The van der Waals surface area contributed by atoms with E-state index in [-0.39, 0.29) is 12.2 Å². The molecule has 0 radical (unpaired) electrons. The number of aromatic carboxylic acids is 1. The second-order valence-electron chi connectivity index (χ2n) is 6.37. The Kier molecular flexibility index (Phi) is 5.34. The van der Waals surface area contributed by atoms with Gasteiger partial charge in [0.15, 0.2) is 5.69 Å². The number of imidazole rings is 1. The van der Waals surface area contributed by atoms with Crippen molar-refractivity contribution in [3.05, 3.63) is 94.4 Å². The monoisotopic (exact) mass is 423 g/mol. The van der Waals surface area contributed by atoms with Gasteiger partial charge in [0, 0.05) is 33.6 Å². The van der Waals surface area contributed by atoms with Crippen LogP contribution in [0.1, 0.15) is 16.1 Å². The lowest BCUT2D eigenvalue weighted by molar-refractivity contribution is 0.0686. The Labute approximate surface area is 177 Å². The zero-order valence-corrected chi connectivity index (χ0v) is 16.6. The van der Waals surface area contributed by atoms with Crippen molar-refractivity contribution in [1.82, 2.24) is 14.5 Å². The largest absolute Gasteiger partial charge is 0.477 e. The maximum Gasteiger partial charge on any atom is 0.354 e. The van der Waals surface area contributed by atoms with Gasteiger partial charge in [0.05, 0.1) is 6.54 Å². The average molecular weight is 424 g/mol. The molecule has 4 rings (SSSR count). The second-order valence-corrected chi connectivity index (χ2v) is 7.21. The molecule has 5 nitrogen and oxygen atoms in total. The molecule has 0 saturated heterocycles. The molecule has 144 valence electrons. The highest BCUT2D eigenvalue weighted by Crippen LogP contribution is 2.31. The maximum absolute atomic E-state index is 12.3. The Morgan fingerprint density at radius 3 is 2.45 bits per heavy atom. The summed E-state index contributed by atoms with van der Waals surface area (Å²) in [7, 11) is 0. The number of halogens is 2. The van der Waals surface area contributed by atoms with E-state index in [4.69, 9.17) is 23.2 Å². The van der Waals surface area contributed by atoms with Crippen LogP contribution >= 0.6 is 23.2 Å². The quantitative estimate of drug-likeness (QED) is 0.449. The third kappa shape index (κ3) is 3.88. The number of aromatic nitrogens is 3. The van der Waals surface area contributed by atoms with Crippen LogP contribution in [0.3, 0.4) is 0 Å². The Morgan fingerprint density at radius 1 is 1.00 bits per heavy atom. The molecule has 0 aliphatic carbocycles. The fourth-order valence-electron chi connectivity index (χ4n) is 3.17. The van der Waals surface area contributed by atoms with E-state index in [1.165, 1.54) is 0 Å². The van der Waals surface area contributed by atoms with Crippen molar-refractivity contribution >= 4 is 29.2 Å². The molecule has 0 saturated carbocycles. The third-order valence-electron chi connectivity index (χ3n) is 4.47. The maximum atomic E-state index is 12.3. The summed E-state index contributed by atoms with van der Waals surface area (Å²) in [6, 6.07) is 18.0. The second kappa shape index (κ2) is 8.07. The number of rotatable bonds is 5. The number of hydrogen-bond donors (Lipinski definition) is 1. The van der Waals surface area contributed by atoms with Gasteiger partial charge in [-0.05, 0) is 35.9 Å². The van der Waals surface area contributed by atoms with Crippen LogP contribution in [0.5, 0.6) is 0 Å². The number of hydrogen-bond acceptors (Lipinski definition) is 3. The lowest BCUT2D eigenvalue weighted by Crippen LogP contribution is -2.12. The van der Waals surface area contributed by atoms with Crippen molar-refractivity contribution in [1.29, 1.82) is 0 Å². The summed E-state index contributed by atoms with van der Waals surface area (Å²) >= 11 is 12.5. The number of carboxylic acid groups (broad SMARTS) is 1. The van der Waals surface area contributed by atoms with Crippen molar-refractivity contribution < 1.29 is 9.90 Å². The van der Waals surface area contributed by atoms with Crippen molar-refractivity contribution in [3.8, 4) is 22.6 Å². The van der Waals surface area contributed by atoms with Crippen LogP contribution in [0.4, 0.5) is 0 Å². The Balaban J connectivity index is 1.97. The van der Waals surface area contributed by atoms with Gasteiger partial charge in [-0.25, -0.2) is 9.78 Å². The molecule has 2 aromatic carbocycles. The molecule has 2 aromatic heterocycles. The van der Waals surface area contributed by atoms with E-state index < -0.39 is 5.97 Å². The van der Waals surface area contributed by atoms with Crippen molar-refractivity contribution in [2.24, 2.45) is 0 Å². The summed E-state index contributed by atoms with van der Waals surface area (Å²) in [4.78, 5) is 21.1. The van der Waals surface area contributed by atoms with E-state index in [9.17, 15) is 9.90 Å². The first-order valence-electron chi connectivity index (χ1n) is 8.78. The summed E-state index contributed by atoms with van der Waals surface area (Å²) in [5.41, 5.74) is 2.58. The van der Waals surface area contributed by atoms with Gasteiger partial charge in [-0.15, -0.1) is 0 Å². The average Bonchev–Trinajstić information content (AvgIpc) is 3.11. The van der Waals surface area contributed by atoms with E-state index in [1.807, 2.05) is 36.4 Å². The van der Waals surface area contributed by atoms with Gasteiger partial charge in [0.2, 0.25) is 0 Å². The van der Waals surface area contributed by atoms with Gasteiger partial charge in [-0.3, -0.25) is 4.98 Å². The highest BCUT2D eigenvalue weighted by molar-refractivity contribution is 6.33. The molecule has 0 aliphatic heterocycles. The lowest BCUT2D eigenvalue weighted by atomic mass is 10.1. The first kappa shape index (κ1) is 19.2. The van der Waals surface area contributed by atoms with Crippen LogP contribution < -0.4 is 0 Å². The zero-order valence-electron chi connectivity index (χ0n) is 15.1. The Hall–Kier alpha value is -3.15. The molecule has 29 heavy (non-hydrogen) atoms. The third-order valence-corrected chi connectivity index (χ3v) is 5.08. The molecular weight excluding hydrogens is 409 g/mol. The highest BCUT2D eigenvalue weighted by Gasteiger charge is 2.25. The smallest absolute Gasteiger partial charge is 0.354 e. The molecule has 0 bridgehead atoms. The molecular formula is C22H15Cl2N3O2. The van der Waals surface area contributed by atoms with E-state index in [1.54, 1.807) is 41.2 Å². The highest BCUT2D eigenvalue weighted by atomic mass is 35.5. The molecule has 0 amide bonds. The molecule has 1 N–H and O–H groups in total. The van der Waals surface area contributed by atoms with Crippen LogP contribution in [-0.2, 0) is 6.54 Å². The number of carbonyl (C=O) groups is 1. The van der Waals surface area contributed by atoms with Gasteiger partial charge < -0.3 is 9.67 Å². The van der Waals surface area contributed by atoms with Crippen molar-refractivity contribution in [2.45, 2.75) is 6.54 Å². The van der Waals surface area contributed by atoms with Crippen LogP contribution in [0.15, 0.2) is 73.1 Å². The van der Waals surface area contributed by atoms with Gasteiger partial charge in [-0.1, -0.05) is 53.5 Å². The lowest BCUT2D eigenvalue weighted by Gasteiger charge is -2.12. The molecule has 0 aliphatic rings. The van der Waals surface area contributed by atoms with E-state index in [0.29, 0.717) is 38.3 Å².